The molecule has 1 amide bonds. The van der Waals surface area contributed by atoms with Crippen LogP contribution in [0.2, 0.25) is 0 Å². The molecule has 0 atom stereocenters. The zero-order chi connectivity index (χ0) is 27.9. The number of amides is 1. The van der Waals surface area contributed by atoms with E-state index in [0.29, 0.717) is 35.7 Å². The molecule has 5 rings (SSSR count). The number of halogens is 1. The third kappa shape index (κ3) is 6.10. The number of rotatable bonds is 10. The van der Waals surface area contributed by atoms with Gasteiger partial charge in [0, 0.05) is 17.7 Å². The van der Waals surface area contributed by atoms with Crippen molar-refractivity contribution in [1.82, 2.24) is 14.8 Å². The second kappa shape index (κ2) is 12.1. The molecule has 5 aromatic rings. The van der Waals surface area contributed by atoms with Crippen molar-refractivity contribution in [2.45, 2.75) is 6.42 Å². The van der Waals surface area contributed by atoms with Crippen LogP contribution in [-0.2, 0) is 6.42 Å². The molecule has 9 heteroatoms. The van der Waals surface area contributed by atoms with Crippen molar-refractivity contribution in [3.63, 3.8) is 0 Å². The van der Waals surface area contributed by atoms with Gasteiger partial charge in [0.15, 0.2) is 5.82 Å². The largest absolute Gasteiger partial charge is 0.497 e. The van der Waals surface area contributed by atoms with Crippen molar-refractivity contribution >= 4 is 11.6 Å². The number of methoxy groups -OCH3 is 2. The van der Waals surface area contributed by atoms with Gasteiger partial charge in [-0.15, -0.1) is 5.10 Å². The Balaban J connectivity index is 1.40. The van der Waals surface area contributed by atoms with Crippen molar-refractivity contribution in [2.75, 3.05) is 26.1 Å². The predicted octanol–water partition coefficient (Wildman–Crippen LogP) is 5.96. The molecular weight excluding hydrogens is 511 g/mol. The summed E-state index contributed by atoms with van der Waals surface area (Å²) in [5, 5.41) is 7.41. The molecule has 0 aliphatic rings. The lowest BCUT2D eigenvalue weighted by atomic mass is 10.1. The molecular formula is C31H27FN4O4. The molecule has 8 nitrogen and oxygen atoms in total. The maximum absolute atomic E-state index is 14.8. The number of nitrogens with one attached hydrogen (secondary N) is 1. The van der Waals surface area contributed by atoms with Crippen LogP contribution < -0.4 is 19.5 Å². The van der Waals surface area contributed by atoms with E-state index in [4.69, 9.17) is 14.2 Å². The first-order valence-electron chi connectivity index (χ1n) is 12.6. The molecule has 4 aromatic carbocycles. The van der Waals surface area contributed by atoms with Gasteiger partial charge in [-0.3, -0.25) is 4.79 Å². The Morgan fingerprint density at radius 3 is 2.42 bits per heavy atom. The van der Waals surface area contributed by atoms with Crippen LogP contribution in [0.3, 0.4) is 0 Å². The lowest BCUT2D eigenvalue weighted by Crippen LogP contribution is -2.12. The van der Waals surface area contributed by atoms with Crippen LogP contribution in [0.5, 0.6) is 17.5 Å². The number of hydrogen-bond donors (Lipinski definition) is 1. The smallest absolute Gasteiger partial charge is 0.336 e. The summed E-state index contributed by atoms with van der Waals surface area (Å²) in [5.41, 5.74) is 2.88. The maximum atomic E-state index is 14.8. The van der Waals surface area contributed by atoms with E-state index < -0.39 is 5.82 Å². The van der Waals surface area contributed by atoms with Gasteiger partial charge in [0.1, 0.15) is 17.3 Å². The molecule has 0 unspecified atom stereocenters. The van der Waals surface area contributed by atoms with Crippen molar-refractivity contribution in [3.8, 4) is 34.6 Å². The molecule has 0 fully saturated rings. The third-order valence-electron chi connectivity index (χ3n) is 6.16. The van der Waals surface area contributed by atoms with Crippen LogP contribution in [0.25, 0.3) is 17.1 Å². The fourth-order valence-electron chi connectivity index (χ4n) is 4.09. The van der Waals surface area contributed by atoms with E-state index in [2.05, 4.69) is 15.4 Å². The summed E-state index contributed by atoms with van der Waals surface area (Å²) in [6.07, 6.45) is 0.624. The number of hydrogen-bond acceptors (Lipinski definition) is 6. The monoisotopic (exact) mass is 538 g/mol. The quantitative estimate of drug-likeness (QED) is 0.236. The van der Waals surface area contributed by atoms with Crippen LogP contribution in [0.15, 0.2) is 97.1 Å². The number of carbonyl (C=O) groups excluding carboxylic acids is 1. The lowest BCUT2D eigenvalue weighted by Gasteiger charge is -2.10. The number of benzene rings is 4. The van der Waals surface area contributed by atoms with E-state index in [1.54, 1.807) is 80.9 Å². The third-order valence-corrected chi connectivity index (χ3v) is 6.16. The highest BCUT2D eigenvalue weighted by molar-refractivity contribution is 6.04. The average Bonchev–Trinajstić information content (AvgIpc) is 3.42. The summed E-state index contributed by atoms with van der Waals surface area (Å²) in [4.78, 5) is 17.4. The number of anilines is 1. The number of aromatic nitrogens is 3. The molecule has 0 aliphatic carbocycles. The number of ether oxygens (including phenoxy) is 3. The highest BCUT2D eigenvalue weighted by Gasteiger charge is 2.18. The zero-order valence-corrected chi connectivity index (χ0v) is 22.0. The average molecular weight is 539 g/mol. The van der Waals surface area contributed by atoms with Crippen LogP contribution in [0.1, 0.15) is 15.9 Å². The summed E-state index contributed by atoms with van der Waals surface area (Å²) in [7, 11) is 3.17. The normalized spacial score (nSPS) is 10.7. The van der Waals surface area contributed by atoms with Crippen LogP contribution in [0, 0.1) is 5.82 Å². The van der Waals surface area contributed by atoms with Crippen molar-refractivity contribution in [3.05, 3.63) is 114 Å². The first kappa shape index (κ1) is 26.4. The Bertz CT molecular complexity index is 1620. The Hall–Kier alpha value is -5.18. The Morgan fingerprint density at radius 2 is 1.65 bits per heavy atom. The predicted molar refractivity (Wildman–Crippen MR) is 150 cm³/mol. The van der Waals surface area contributed by atoms with E-state index in [0.717, 1.165) is 11.3 Å². The molecule has 0 saturated carbocycles. The highest BCUT2D eigenvalue weighted by Crippen LogP contribution is 2.27. The Labute approximate surface area is 231 Å². The maximum Gasteiger partial charge on any atom is 0.336 e. The minimum atomic E-state index is -0.441. The van der Waals surface area contributed by atoms with E-state index in [-0.39, 0.29) is 23.3 Å². The lowest BCUT2D eigenvalue weighted by molar-refractivity contribution is 0.102. The minimum Gasteiger partial charge on any atom is -0.497 e. The molecule has 0 saturated heterocycles. The first-order valence-corrected chi connectivity index (χ1v) is 12.6. The molecule has 0 radical (unpaired) electrons. The second-order valence-electron chi connectivity index (χ2n) is 8.79. The van der Waals surface area contributed by atoms with E-state index in [9.17, 15) is 9.18 Å². The van der Waals surface area contributed by atoms with Gasteiger partial charge in [-0.05, 0) is 66.2 Å². The standard InChI is InChI=1S/C31H27FN4O4/c1-38-25-15-13-21(14-16-25)17-18-40-31-34-29(27-11-3-4-12-28(27)32)36(35-31)24-9-6-8-23(20-24)33-30(37)22-7-5-10-26(19-22)39-2/h3-16,19-20H,17-18H2,1-2H3,(H,33,37). The van der Waals surface area contributed by atoms with E-state index in [1.807, 2.05) is 24.3 Å². The number of carbonyl (C=O) groups is 1. The molecule has 0 bridgehead atoms. The summed E-state index contributed by atoms with van der Waals surface area (Å²) in [6.45, 7) is 0.323. The van der Waals surface area contributed by atoms with Gasteiger partial charge in [-0.25, -0.2) is 9.07 Å². The summed E-state index contributed by atoms with van der Waals surface area (Å²) in [6, 6.07) is 28.1. The van der Waals surface area contributed by atoms with E-state index >= 15 is 0 Å². The second-order valence-corrected chi connectivity index (χ2v) is 8.79. The van der Waals surface area contributed by atoms with Gasteiger partial charge in [0.25, 0.3) is 5.91 Å². The molecule has 1 N–H and O–H groups in total. The summed E-state index contributed by atoms with van der Waals surface area (Å²) in [5.74, 6) is 0.892. The Kier molecular flexibility index (Phi) is 8.01. The van der Waals surface area contributed by atoms with Gasteiger partial charge >= 0.3 is 6.01 Å². The molecule has 40 heavy (non-hydrogen) atoms. The van der Waals surface area contributed by atoms with Crippen molar-refractivity contribution in [1.29, 1.82) is 0 Å². The van der Waals surface area contributed by atoms with Gasteiger partial charge < -0.3 is 19.5 Å². The van der Waals surface area contributed by atoms with Gasteiger partial charge in [-0.1, -0.05) is 36.4 Å². The van der Waals surface area contributed by atoms with Gasteiger partial charge in [-0.2, -0.15) is 4.98 Å². The first-order chi connectivity index (χ1) is 19.5. The van der Waals surface area contributed by atoms with Crippen molar-refractivity contribution in [2.24, 2.45) is 0 Å². The fourth-order valence-corrected chi connectivity index (χ4v) is 4.09. The topological polar surface area (TPSA) is 87.5 Å². The molecule has 0 spiro atoms. The SMILES string of the molecule is COc1ccc(CCOc2nc(-c3ccccc3F)n(-c3cccc(NC(=O)c4cccc(OC)c4)c3)n2)cc1. The molecule has 0 aliphatic heterocycles. The molecule has 1 aromatic heterocycles. The van der Waals surface area contributed by atoms with Crippen LogP contribution >= 0.6 is 0 Å². The fraction of sp³-hybridized carbons (Fsp3) is 0.129. The Morgan fingerprint density at radius 1 is 0.875 bits per heavy atom. The zero-order valence-electron chi connectivity index (χ0n) is 22.0. The summed E-state index contributed by atoms with van der Waals surface area (Å²) < 4.78 is 32.6. The van der Waals surface area contributed by atoms with Crippen molar-refractivity contribution < 1.29 is 23.4 Å². The highest BCUT2D eigenvalue weighted by atomic mass is 19.1. The molecule has 1 heterocycles. The van der Waals surface area contributed by atoms with E-state index in [1.165, 1.54) is 10.7 Å². The molecule has 202 valence electrons. The van der Waals surface area contributed by atoms with Gasteiger partial charge in [0.2, 0.25) is 0 Å². The van der Waals surface area contributed by atoms with Crippen LogP contribution in [-0.4, -0.2) is 41.5 Å². The number of nitrogens with zero attached hydrogens (tertiary/aromatic N) is 3. The van der Waals surface area contributed by atoms with Gasteiger partial charge in [0.05, 0.1) is 32.1 Å². The summed E-state index contributed by atoms with van der Waals surface area (Å²) >= 11 is 0. The van der Waals surface area contributed by atoms with Crippen LogP contribution in [0.4, 0.5) is 10.1 Å². The minimum absolute atomic E-state index is 0.109.